The van der Waals surface area contributed by atoms with E-state index in [1.54, 1.807) is 121 Å². The third-order valence-corrected chi connectivity index (χ3v) is 21.0. The minimum Gasteiger partial charge on any atom is -0.480 e. The number of aliphatic carboxylic acids is 1. The maximum atomic E-state index is 15.4. The lowest BCUT2D eigenvalue weighted by atomic mass is 10.00. The molecule has 118 heavy (non-hydrogen) atoms. The number of carbonyl (C=O) groups is 16. The van der Waals surface area contributed by atoms with E-state index in [1.807, 2.05) is 0 Å². The first-order chi connectivity index (χ1) is 56.2. The molecule has 6 rings (SSSR count). The van der Waals surface area contributed by atoms with E-state index in [9.17, 15) is 82.8 Å². The molecule has 640 valence electrons. The number of aromatic nitrogens is 1. The molecule has 1 fully saturated rings. The molecule has 0 aliphatic carbocycles. The number of aromatic amines is 1. The zero-order valence-electron chi connectivity index (χ0n) is 65.6. The number of unbranched alkanes of at least 4 members (excludes halogenated alkanes) is 2. The number of benzene rings is 4. The van der Waals surface area contributed by atoms with E-state index in [0.717, 1.165) is 24.6 Å². The Kier molecular flexibility index (Phi) is 39.4. The summed E-state index contributed by atoms with van der Waals surface area (Å²) in [6, 6.07) is 9.19. The number of nitrogens with two attached hydrogens (primary N) is 3. The Morgan fingerprint density at radius 1 is 0.483 bits per heavy atom. The summed E-state index contributed by atoms with van der Waals surface area (Å²) < 4.78 is 0. The SMILES string of the molecule is CC(=O)NCCCC[C@@H]1NC(=O)[C@@H](NC(=O)CNC(=O)[C@H](C)N)CSSC[C@@H](C(=O)O)NC(=O)[C@H](CO)NC(=O)[C@H]([C@@H](C)O)NC(=O)[C@H](Cc2ccccc2)NC(=O)[C@H]([C@@H](C)O)NC(=O)[C@H](CCCCN)NC(=O)[C@H](Cc2c[nH]c3ccccc23)NC(=O)[C@H](Cc2ccccc2)NC(=O)[C@H](Cc2ccccc2)NC(=O)[C@H](CC(N)=O)NC1=O. The van der Waals surface area contributed by atoms with Crippen LogP contribution in [0.15, 0.2) is 121 Å². The number of H-pyrrole nitrogens is 1. The molecule has 2 heterocycles. The normalized spacial score (nSPS) is 23.4. The maximum Gasteiger partial charge on any atom is 0.327 e. The number of carboxylic acids is 1. The van der Waals surface area contributed by atoms with Crippen LogP contribution < -0.4 is 91.6 Å². The number of para-hydroxylation sites is 1. The number of fused-ring (bicyclic) bond motifs is 1. The fraction of sp³-hybridized carbons (Fsp3) is 0.462. The first kappa shape index (κ1) is 95.3. The van der Waals surface area contributed by atoms with E-state index >= 15 is 14.4 Å². The number of amides is 15. The van der Waals surface area contributed by atoms with Gasteiger partial charge in [0.1, 0.15) is 72.5 Å². The number of primary amides is 1. The third-order valence-electron chi connectivity index (χ3n) is 18.6. The Balaban J connectivity index is 1.48. The molecule has 0 unspecified atom stereocenters. The molecule has 1 saturated heterocycles. The fourth-order valence-electron chi connectivity index (χ4n) is 12.2. The van der Waals surface area contributed by atoms with Gasteiger partial charge in [0.15, 0.2) is 0 Å². The van der Waals surface area contributed by atoms with Crippen LogP contribution in [0.1, 0.15) is 94.9 Å². The third kappa shape index (κ3) is 31.8. The minimum absolute atomic E-state index is 0.0666. The van der Waals surface area contributed by atoms with E-state index in [0.29, 0.717) is 50.4 Å². The van der Waals surface area contributed by atoms with Gasteiger partial charge in [0, 0.05) is 67.8 Å². The van der Waals surface area contributed by atoms with Crippen molar-refractivity contribution in [3.63, 3.8) is 0 Å². The van der Waals surface area contributed by atoms with Gasteiger partial charge in [-0.05, 0) is 94.2 Å². The number of hydrogen-bond acceptors (Lipinski definition) is 23. The summed E-state index contributed by atoms with van der Waals surface area (Å²) >= 11 is 0. The van der Waals surface area contributed by atoms with Gasteiger partial charge in [0.2, 0.25) is 88.6 Å². The van der Waals surface area contributed by atoms with Crippen molar-refractivity contribution >= 4 is 127 Å². The van der Waals surface area contributed by atoms with Gasteiger partial charge in [0.25, 0.3) is 0 Å². The van der Waals surface area contributed by atoms with E-state index < -0.39 is 216 Å². The lowest BCUT2D eigenvalue weighted by Crippen LogP contribution is -2.63. The van der Waals surface area contributed by atoms with E-state index in [-0.39, 0.29) is 70.9 Å². The van der Waals surface area contributed by atoms with Gasteiger partial charge in [-0.2, -0.15) is 0 Å². The van der Waals surface area contributed by atoms with Crippen LogP contribution in [0, 0.1) is 0 Å². The number of carbonyl (C=O) groups excluding carboxylic acids is 15. The molecule has 0 radical (unpaired) electrons. The number of aliphatic hydroxyl groups is 3. The Bertz CT molecular complexity index is 4260. The Morgan fingerprint density at radius 2 is 0.890 bits per heavy atom. The smallest absolute Gasteiger partial charge is 0.327 e. The molecule has 25 N–H and O–H groups in total. The highest BCUT2D eigenvalue weighted by atomic mass is 33.1. The summed E-state index contributed by atoms with van der Waals surface area (Å²) in [5, 5.41) is 78.7. The minimum atomic E-state index is -2.00. The molecule has 15 amide bonds. The summed E-state index contributed by atoms with van der Waals surface area (Å²) in [6.45, 7) is 3.07. The molecule has 15 atom stereocenters. The van der Waals surface area contributed by atoms with Crippen LogP contribution in [0.25, 0.3) is 10.9 Å². The zero-order chi connectivity index (χ0) is 86.5. The molecular formula is C78H106N18O20S2. The van der Waals surface area contributed by atoms with Gasteiger partial charge in [-0.3, -0.25) is 71.9 Å². The van der Waals surface area contributed by atoms with E-state index in [2.05, 4.69) is 79.4 Å². The Hall–Kier alpha value is -11.6. The molecule has 1 aliphatic rings. The predicted molar refractivity (Wildman–Crippen MR) is 435 cm³/mol. The summed E-state index contributed by atoms with van der Waals surface area (Å²) in [5.41, 5.74) is 19.8. The Morgan fingerprint density at radius 3 is 1.36 bits per heavy atom. The van der Waals surface area contributed by atoms with Crippen LogP contribution in [0.4, 0.5) is 0 Å². The van der Waals surface area contributed by atoms with Crippen molar-refractivity contribution in [3.05, 3.63) is 144 Å². The highest BCUT2D eigenvalue weighted by molar-refractivity contribution is 8.76. The zero-order valence-corrected chi connectivity index (χ0v) is 67.2. The summed E-state index contributed by atoms with van der Waals surface area (Å²) in [4.78, 5) is 229. The van der Waals surface area contributed by atoms with Crippen LogP contribution >= 0.6 is 21.6 Å². The quantitative estimate of drug-likeness (QED) is 0.0173. The molecule has 0 saturated carbocycles. The number of hydrogen-bond donors (Lipinski definition) is 22. The average Bonchev–Trinajstić information content (AvgIpc) is 1.70. The first-order valence-corrected chi connectivity index (χ1v) is 40.7. The highest BCUT2D eigenvalue weighted by Gasteiger charge is 2.40. The second kappa shape index (κ2) is 48.8. The van der Waals surface area contributed by atoms with Crippen molar-refractivity contribution in [2.45, 2.75) is 189 Å². The van der Waals surface area contributed by atoms with Crippen LogP contribution in [0.2, 0.25) is 0 Å². The van der Waals surface area contributed by atoms with Gasteiger partial charge in [-0.15, -0.1) is 0 Å². The highest BCUT2D eigenvalue weighted by Crippen LogP contribution is 2.25. The van der Waals surface area contributed by atoms with Crippen molar-refractivity contribution in [3.8, 4) is 0 Å². The van der Waals surface area contributed by atoms with Gasteiger partial charge >= 0.3 is 5.97 Å². The number of aliphatic hydroxyl groups excluding tert-OH is 3. The van der Waals surface area contributed by atoms with Crippen molar-refractivity contribution < 1.29 is 97.1 Å². The molecule has 1 aliphatic heterocycles. The van der Waals surface area contributed by atoms with Gasteiger partial charge < -0.3 is 117 Å². The standard InChI is InChI=1S/C78H106N18O20S2/c1-42(80)66(103)84-38-63(102)85-60-40-117-118-41-61(78(115)116)94-74(111)59(39-97)93-77(114)65(44(3)99)96-73(110)56(34-48-24-12-7-13-25-48)92-76(113)64(43(2)98)95-68(105)53(28-16-18-30-79)86-71(108)57(35-49-37-83-51-27-15-14-26-50(49)51)90-70(107)55(33-47-22-10-6-11-23-47)88-69(106)54(32-46-20-8-5-9-21-46)89-72(109)58(36-62(81)101)91-67(104)52(87-75(60)112)29-17-19-31-82-45(4)100/h5-15,20-27,37,42-44,52-61,64-65,83,97-99H,16-19,28-36,38-41,79-80H2,1-4H3,(H2,81,101)(H,82,100)(H,84,103)(H,85,102)(H,86,108)(H,87,112)(H,88,106)(H,89,109)(H,90,107)(H,91,104)(H,92,113)(H,93,114)(H,94,111)(H,95,105)(H,96,110)(H,115,116)/t42-,43+,44+,52-,53-,54-,55-,56-,57-,58-,59-,60-,61-,64-,65-/m0/s1. The first-order valence-electron chi connectivity index (χ1n) is 38.3. The van der Waals surface area contributed by atoms with Crippen LogP contribution in [-0.2, 0) is 102 Å². The van der Waals surface area contributed by atoms with Crippen molar-refractivity contribution in [2.24, 2.45) is 17.2 Å². The van der Waals surface area contributed by atoms with Crippen LogP contribution in [0.5, 0.6) is 0 Å². The molecule has 38 nitrogen and oxygen atoms in total. The van der Waals surface area contributed by atoms with Gasteiger partial charge in [-0.25, -0.2) is 4.79 Å². The lowest BCUT2D eigenvalue weighted by Gasteiger charge is -2.29. The summed E-state index contributed by atoms with van der Waals surface area (Å²) in [5.74, 6) is -18.4. The van der Waals surface area contributed by atoms with Gasteiger partial charge in [-0.1, -0.05) is 131 Å². The predicted octanol–water partition coefficient (Wildman–Crippen LogP) is -4.74. The molecule has 5 aromatic rings. The largest absolute Gasteiger partial charge is 0.480 e. The summed E-state index contributed by atoms with van der Waals surface area (Å²) in [6.07, 6.45) is -3.83. The second-order valence-electron chi connectivity index (χ2n) is 28.3. The van der Waals surface area contributed by atoms with E-state index in [1.165, 1.54) is 13.8 Å². The summed E-state index contributed by atoms with van der Waals surface area (Å²) in [7, 11) is 1.46. The molecule has 1 aromatic heterocycles. The topological polar surface area (TPSA) is 616 Å². The van der Waals surface area contributed by atoms with Gasteiger partial charge in [0.05, 0.1) is 37.8 Å². The fourth-order valence-corrected chi connectivity index (χ4v) is 14.5. The maximum absolute atomic E-state index is 15.4. The molecule has 4 aromatic carbocycles. The number of rotatable bonds is 27. The number of nitrogens with one attached hydrogen (secondary N) is 15. The van der Waals surface area contributed by atoms with Crippen molar-refractivity contribution in [1.29, 1.82) is 0 Å². The van der Waals surface area contributed by atoms with E-state index in [4.69, 9.17) is 17.2 Å². The van der Waals surface area contributed by atoms with Crippen molar-refractivity contribution in [1.82, 2.24) is 79.4 Å². The lowest BCUT2D eigenvalue weighted by molar-refractivity contribution is -0.142. The molecule has 40 heteroatoms. The molecular weight excluding hydrogens is 1570 g/mol. The Labute approximate surface area is 688 Å². The second-order valence-corrected chi connectivity index (χ2v) is 30.8. The monoisotopic (exact) mass is 1680 g/mol. The molecule has 0 bridgehead atoms. The van der Waals surface area contributed by atoms with Crippen LogP contribution in [0.3, 0.4) is 0 Å². The number of carboxylic acid groups (broad SMARTS) is 1. The van der Waals surface area contributed by atoms with Crippen molar-refractivity contribution in [2.75, 3.05) is 37.7 Å². The average molecular weight is 1680 g/mol. The van der Waals surface area contributed by atoms with Crippen LogP contribution in [-0.4, -0.2) is 248 Å². The molecule has 0 spiro atoms.